The fraction of sp³-hybridized carbons (Fsp3) is 0.333. The average molecular weight is 245 g/mol. The quantitative estimate of drug-likeness (QED) is 0.879. The molecule has 0 fully saturated rings. The molecule has 1 unspecified atom stereocenters. The zero-order valence-corrected chi connectivity index (χ0v) is 10.8. The Balaban J connectivity index is 1.95. The number of aryl methyl sites for hydroxylation is 1. The van der Waals surface area contributed by atoms with Gasteiger partial charge in [0.05, 0.1) is 6.10 Å². The highest BCUT2D eigenvalue weighted by molar-refractivity contribution is 5.20. The van der Waals surface area contributed by atoms with Gasteiger partial charge in [0.1, 0.15) is 18.1 Å². The second-order valence-electron chi connectivity index (χ2n) is 4.36. The maximum atomic E-state index is 5.79. The Morgan fingerprint density at radius 2 is 2.00 bits per heavy atom. The van der Waals surface area contributed by atoms with Crippen molar-refractivity contribution < 1.29 is 9.15 Å². The molecule has 1 aromatic carbocycles. The first-order chi connectivity index (χ1) is 8.70. The van der Waals surface area contributed by atoms with Gasteiger partial charge in [-0.05, 0) is 25.5 Å². The minimum atomic E-state index is 0.0536. The highest BCUT2D eigenvalue weighted by Crippen LogP contribution is 2.20. The van der Waals surface area contributed by atoms with Crippen LogP contribution < -0.4 is 5.73 Å². The first kappa shape index (κ1) is 12.9. The predicted molar refractivity (Wildman–Crippen MR) is 71.0 cm³/mol. The first-order valence-electron chi connectivity index (χ1n) is 6.15. The molecule has 2 rings (SSSR count). The minimum Gasteiger partial charge on any atom is -0.464 e. The molecular weight excluding hydrogens is 226 g/mol. The van der Waals surface area contributed by atoms with E-state index in [-0.39, 0.29) is 6.10 Å². The molecule has 0 aliphatic carbocycles. The van der Waals surface area contributed by atoms with Gasteiger partial charge >= 0.3 is 0 Å². The molecule has 0 aliphatic heterocycles. The molecule has 3 heteroatoms. The summed E-state index contributed by atoms with van der Waals surface area (Å²) in [6.45, 7) is 4.93. The van der Waals surface area contributed by atoms with Crippen molar-refractivity contribution in [3.8, 4) is 0 Å². The van der Waals surface area contributed by atoms with Crippen LogP contribution in [-0.4, -0.2) is 0 Å². The molecule has 0 saturated heterocycles. The molecule has 2 N–H and O–H groups in total. The van der Waals surface area contributed by atoms with Gasteiger partial charge in [0.25, 0.3) is 0 Å². The number of hydrogen-bond acceptors (Lipinski definition) is 3. The van der Waals surface area contributed by atoms with Gasteiger partial charge in [0.15, 0.2) is 0 Å². The maximum Gasteiger partial charge on any atom is 0.130 e. The molecule has 0 spiro atoms. The second kappa shape index (κ2) is 5.85. The van der Waals surface area contributed by atoms with Crippen molar-refractivity contribution >= 4 is 0 Å². The number of benzene rings is 1. The molecule has 0 bridgehead atoms. The van der Waals surface area contributed by atoms with Crippen LogP contribution in [0.3, 0.4) is 0 Å². The highest BCUT2D eigenvalue weighted by atomic mass is 16.5. The standard InChI is InChI=1S/C15H19NO2/c1-11(13-6-4-3-5-7-13)17-10-15-8-14(9-16)12(2)18-15/h3-8,11H,9-10,16H2,1-2H3. The van der Waals surface area contributed by atoms with Crippen molar-refractivity contribution in [2.24, 2.45) is 5.73 Å². The summed E-state index contributed by atoms with van der Waals surface area (Å²) in [5.74, 6) is 1.71. The summed E-state index contributed by atoms with van der Waals surface area (Å²) in [6, 6.07) is 12.1. The van der Waals surface area contributed by atoms with Crippen LogP contribution in [0, 0.1) is 6.92 Å². The second-order valence-corrected chi connectivity index (χ2v) is 4.36. The molecule has 2 aromatic rings. The molecule has 1 aromatic heterocycles. The molecule has 18 heavy (non-hydrogen) atoms. The van der Waals surface area contributed by atoms with Crippen LogP contribution in [0.15, 0.2) is 40.8 Å². The summed E-state index contributed by atoms with van der Waals surface area (Å²) in [6.07, 6.45) is 0.0536. The van der Waals surface area contributed by atoms with E-state index in [0.717, 1.165) is 17.1 Å². The van der Waals surface area contributed by atoms with Crippen LogP contribution in [0.5, 0.6) is 0 Å². The van der Waals surface area contributed by atoms with Crippen LogP contribution in [0.25, 0.3) is 0 Å². The van der Waals surface area contributed by atoms with Crippen molar-refractivity contribution in [1.82, 2.24) is 0 Å². The Hall–Kier alpha value is -1.58. The lowest BCUT2D eigenvalue weighted by Crippen LogP contribution is -1.99. The Morgan fingerprint density at radius 3 is 2.61 bits per heavy atom. The third kappa shape index (κ3) is 3.00. The monoisotopic (exact) mass is 245 g/mol. The van der Waals surface area contributed by atoms with E-state index in [9.17, 15) is 0 Å². The molecule has 3 nitrogen and oxygen atoms in total. The van der Waals surface area contributed by atoms with Gasteiger partial charge in [-0.3, -0.25) is 0 Å². The average Bonchev–Trinajstić information content (AvgIpc) is 2.77. The number of rotatable bonds is 5. The van der Waals surface area contributed by atoms with Crippen molar-refractivity contribution in [3.63, 3.8) is 0 Å². The van der Waals surface area contributed by atoms with Crippen LogP contribution in [-0.2, 0) is 17.9 Å². The summed E-state index contributed by atoms with van der Waals surface area (Å²) < 4.78 is 11.4. The van der Waals surface area contributed by atoms with Gasteiger partial charge in [-0.25, -0.2) is 0 Å². The van der Waals surface area contributed by atoms with Crippen LogP contribution >= 0.6 is 0 Å². The third-order valence-corrected chi connectivity index (χ3v) is 3.04. The number of furan rings is 1. The van der Waals surface area contributed by atoms with E-state index in [2.05, 4.69) is 12.1 Å². The number of hydrogen-bond donors (Lipinski definition) is 1. The van der Waals surface area contributed by atoms with E-state index in [1.54, 1.807) is 0 Å². The fourth-order valence-corrected chi connectivity index (χ4v) is 1.89. The summed E-state index contributed by atoms with van der Waals surface area (Å²) >= 11 is 0. The zero-order chi connectivity index (χ0) is 13.0. The summed E-state index contributed by atoms with van der Waals surface area (Å²) in [4.78, 5) is 0. The molecule has 1 heterocycles. The Bertz CT molecular complexity index is 490. The number of nitrogens with two attached hydrogens (primary N) is 1. The number of ether oxygens (including phenoxy) is 1. The lowest BCUT2D eigenvalue weighted by molar-refractivity contribution is 0.0416. The topological polar surface area (TPSA) is 48.4 Å². The SMILES string of the molecule is Cc1oc(COC(C)c2ccccc2)cc1CN. The first-order valence-corrected chi connectivity index (χ1v) is 6.15. The molecular formula is C15H19NO2. The smallest absolute Gasteiger partial charge is 0.130 e. The van der Waals surface area contributed by atoms with Gasteiger partial charge in [-0.2, -0.15) is 0 Å². The van der Waals surface area contributed by atoms with E-state index in [1.807, 2.05) is 38.1 Å². The molecule has 0 radical (unpaired) electrons. The van der Waals surface area contributed by atoms with Gasteiger partial charge in [0, 0.05) is 12.1 Å². The fourth-order valence-electron chi connectivity index (χ4n) is 1.89. The van der Waals surface area contributed by atoms with Crippen LogP contribution in [0.2, 0.25) is 0 Å². The van der Waals surface area contributed by atoms with Gasteiger partial charge in [-0.15, -0.1) is 0 Å². The van der Waals surface area contributed by atoms with Gasteiger partial charge in [0.2, 0.25) is 0 Å². The summed E-state index contributed by atoms with van der Waals surface area (Å²) in [5.41, 5.74) is 7.82. The molecule has 96 valence electrons. The molecule has 0 saturated carbocycles. The summed E-state index contributed by atoms with van der Waals surface area (Å²) in [5, 5.41) is 0. The van der Waals surface area contributed by atoms with Crippen molar-refractivity contribution in [3.05, 3.63) is 59.0 Å². The van der Waals surface area contributed by atoms with E-state index in [1.165, 1.54) is 5.56 Å². The highest BCUT2D eigenvalue weighted by Gasteiger charge is 2.09. The van der Waals surface area contributed by atoms with Crippen molar-refractivity contribution in [2.75, 3.05) is 0 Å². The lowest BCUT2D eigenvalue weighted by atomic mass is 10.1. The van der Waals surface area contributed by atoms with Gasteiger partial charge < -0.3 is 14.9 Å². The van der Waals surface area contributed by atoms with Crippen LogP contribution in [0.1, 0.15) is 35.7 Å². The van der Waals surface area contributed by atoms with E-state index < -0.39 is 0 Å². The van der Waals surface area contributed by atoms with E-state index in [0.29, 0.717) is 13.2 Å². The van der Waals surface area contributed by atoms with E-state index >= 15 is 0 Å². The van der Waals surface area contributed by atoms with E-state index in [4.69, 9.17) is 14.9 Å². The molecule has 0 amide bonds. The Kier molecular flexibility index (Phi) is 4.18. The third-order valence-electron chi connectivity index (χ3n) is 3.04. The largest absolute Gasteiger partial charge is 0.464 e. The molecule has 0 aliphatic rings. The maximum absolute atomic E-state index is 5.79. The minimum absolute atomic E-state index is 0.0536. The zero-order valence-electron chi connectivity index (χ0n) is 10.8. The predicted octanol–water partition coefficient (Wildman–Crippen LogP) is 3.32. The normalized spacial score (nSPS) is 12.6. The lowest BCUT2D eigenvalue weighted by Gasteiger charge is -2.12. The van der Waals surface area contributed by atoms with Crippen molar-refractivity contribution in [2.45, 2.75) is 33.1 Å². The Morgan fingerprint density at radius 1 is 1.28 bits per heavy atom. The summed E-state index contributed by atoms with van der Waals surface area (Å²) in [7, 11) is 0. The Labute approximate surface area is 108 Å². The van der Waals surface area contributed by atoms with Crippen LogP contribution in [0.4, 0.5) is 0 Å². The van der Waals surface area contributed by atoms with Gasteiger partial charge in [-0.1, -0.05) is 30.3 Å². The van der Waals surface area contributed by atoms with Crippen molar-refractivity contribution in [1.29, 1.82) is 0 Å². The molecule has 1 atom stereocenters.